The predicted octanol–water partition coefficient (Wildman–Crippen LogP) is 8.22. The fourth-order valence-electron chi connectivity index (χ4n) is 9.05. The monoisotopic (exact) mass is 917 g/mol. The Balaban J connectivity index is 0.999. The first kappa shape index (κ1) is 45.6. The Bertz CT molecular complexity index is 2730. The van der Waals surface area contributed by atoms with Crippen LogP contribution in [-0.2, 0) is 23.8 Å². The molecule has 0 aliphatic carbocycles. The highest BCUT2D eigenvalue weighted by atomic mass is 32.1. The molecule has 0 saturated carbocycles. The Kier molecular flexibility index (Phi) is 13.3. The second kappa shape index (κ2) is 19.3. The smallest absolute Gasteiger partial charge is 0.407 e. The minimum absolute atomic E-state index is 0.131. The standard InChI is InChI=1S/C48H55N9O8S/c1-25(2)37(54-47(61)64-6)44(58)56-20-8-10-34(56)42-49-22-32(51-42)28-14-12-27(13-15-28)31-24-66-41-36(40(46(60)63-5)53-39(31)41)30-18-16-29(17-19-30)33-23-50-43(52-33)35-11-9-21-57(35)45(59)38(26(3)4)55-48(62)65-7/h12-19,22-26,34-35,37-38,53H,8-11,20-21H2,1-7H3,(H,49,51)(H,50,52)(H,54,61)(H,55,62)/t34?,35-,37-,38-/m0/s1. The third-order valence-corrected chi connectivity index (χ3v) is 13.6. The Hall–Kier alpha value is -6.95. The fourth-order valence-corrected chi connectivity index (χ4v) is 10.2. The van der Waals surface area contributed by atoms with Crippen molar-refractivity contribution in [2.24, 2.45) is 11.8 Å². The van der Waals surface area contributed by atoms with Gasteiger partial charge in [-0.1, -0.05) is 76.2 Å². The lowest BCUT2D eigenvalue weighted by Crippen LogP contribution is -2.51. The molecule has 2 fully saturated rings. The number of ether oxygens (including phenoxy) is 3. The first-order chi connectivity index (χ1) is 31.8. The number of aromatic nitrogens is 5. The van der Waals surface area contributed by atoms with Gasteiger partial charge in [0.2, 0.25) is 11.8 Å². The van der Waals surface area contributed by atoms with Crippen LogP contribution in [0.5, 0.6) is 0 Å². The second-order valence-corrected chi connectivity index (χ2v) is 18.2. The molecule has 66 heavy (non-hydrogen) atoms. The number of carbonyl (C=O) groups is 5. The lowest BCUT2D eigenvalue weighted by Gasteiger charge is -2.30. The number of nitrogens with zero attached hydrogens (tertiary/aromatic N) is 4. The van der Waals surface area contributed by atoms with Gasteiger partial charge in [-0.3, -0.25) is 9.59 Å². The van der Waals surface area contributed by atoms with E-state index in [-0.39, 0.29) is 35.7 Å². The van der Waals surface area contributed by atoms with Gasteiger partial charge in [0.15, 0.2) is 0 Å². The number of H-pyrrole nitrogens is 3. The van der Waals surface area contributed by atoms with Gasteiger partial charge in [0.05, 0.1) is 67.4 Å². The van der Waals surface area contributed by atoms with Crippen molar-refractivity contribution in [3.63, 3.8) is 0 Å². The number of hydrogen-bond acceptors (Lipinski definition) is 11. The van der Waals surface area contributed by atoms with Crippen LogP contribution in [0.4, 0.5) is 9.59 Å². The van der Waals surface area contributed by atoms with Gasteiger partial charge in [-0.15, -0.1) is 11.3 Å². The summed E-state index contributed by atoms with van der Waals surface area (Å²) < 4.78 is 15.7. The number of rotatable bonds is 13. The number of amides is 4. The van der Waals surface area contributed by atoms with Crippen LogP contribution >= 0.6 is 11.3 Å². The molecule has 0 spiro atoms. The molecule has 18 heteroatoms. The average molecular weight is 918 g/mol. The average Bonchev–Trinajstić information content (AvgIpc) is 4.19. The SMILES string of the molecule is COC(=O)N[C@H](C(=O)N1CCCC1c1ncc(-c2ccc(-c3csc4c(-c5ccc(-c6cnc([C@@H]7CCCN7C(=O)[C@@H](NC(=O)OC)C(C)C)[nH]6)cc5)c(C(=O)OC)[nH]c34)cc2)[nH]1)C(C)C. The Morgan fingerprint density at radius 3 is 1.55 bits per heavy atom. The highest BCUT2D eigenvalue weighted by Gasteiger charge is 2.39. The number of benzene rings is 2. The maximum atomic E-state index is 13.7. The van der Waals surface area contributed by atoms with Gasteiger partial charge in [-0.2, -0.15) is 0 Å². The van der Waals surface area contributed by atoms with Gasteiger partial charge in [0.25, 0.3) is 0 Å². The van der Waals surface area contributed by atoms with Crippen molar-refractivity contribution >= 4 is 51.5 Å². The zero-order chi connectivity index (χ0) is 46.8. The van der Waals surface area contributed by atoms with Gasteiger partial charge in [-0.05, 0) is 59.8 Å². The second-order valence-electron chi connectivity index (χ2n) is 17.3. The molecule has 2 saturated heterocycles. The highest BCUT2D eigenvalue weighted by molar-refractivity contribution is 7.18. The molecule has 6 heterocycles. The molecule has 0 radical (unpaired) electrons. The van der Waals surface area contributed by atoms with E-state index in [2.05, 4.69) is 31.0 Å². The van der Waals surface area contributed by atoms with Crippen LogP contribution in [0, 0.1) is 11.8 Å². The lowest BCUT2D eigenvalue weighted by molar-refractivity contribution is -0.136. The zero-order valence-corrected chi connectivity index (χ0v) is 38.8. The van der Waals surface area contributed by atoms with Gasteiger partial charge in [0, 0.05) is 29.6 Å². The molecule has 346 valence electrons. The van der Waals surface area contributed by atoms with Crippen LogP contribution in [0.15, 0.2) is 66.3 Å². The predicted molar refractivity (Wildman–Crippen MR) is 249 cm³/mol. The Labute approximate surface area is 386 Å². The van der Waals surface area contributed by atoms with Crippen LogP contribution < -0.4 is 10.6 Å². The van der Waals surface area contributed by atoms with E-state index in [1.165, 1.54) is 32.7 Å². The summed E-state index contributed by atoms with van der Waals surface area (Å²) in [6.45, 7) is 8.67. The molecule has 8 rings (SSSR count). The maximum absolute atomic E-state index is 13.7. The number of imidazole rings is 2. The van der Waals surface area contributed by atoms with Gasteiger partial charge < -0.3 is 49.6 Å². The van der Waals surface area contributed by atoms with E-state index >= 15 is 0 Å². The molecule has 1 unspecified atom stereocenters. The summed E-state index contributed by atoms with van der Waals surface area (Å²) in [4.78, 5) is 87.9. The van der Waals surface area contributed by atoms with Crippen LogP contribution in [0.2, 0.25) is 0 Å². The normalized spacial score (nSPS) is 17.0. The molecular formula is C48H55N9O8S. The van der Waals surface area contributed by atoms with Crippen LogP contribution in [0.3, 0.4) is 0 Å². The summed E-state index contributed by atoms with van der Waals surface area (Å²) in [7, 11) is 3.92. The number of carbonyl (C=O) groups excluding carboxylic acids is 5. The molecule has 4 amide bonds. The van der Waals surface area contributed by atoms with Gasteiger partial charge in [-0.25, -0.2) is 24.4 Å². The number of esters is 1. The quantitative estimate of drug-likeness (QED) is 0.0552. The van der Waals surface area contributed by atoms with Crippen LogP contribution in [0.1, 0.15) is 87.6 Å². The number of fused-ring (bicyclic) bond motifs is 1. The summed E-state index contributed by atoms with van der Waals surface area (Å²) in [5, 5.41) is 7.46. The van der Waals surface area contributed by atoms with Crippen molar-refractivity contribution in [3.05, 3.63) is 83.6 Å². The molecule has 4 atom stereocenters. The van der Waals surface area contributed by atoms with Crippen molar-refractivity contribution in [3.8, 4) is 44.8 Å². The van der Waals surface area contributed by atoms with Crippen molar-refractivity contribution in [2.45, 2.75) is 77.5 Å². The highest BCUT2D eigenvalue weighted by Crippen LogP contribution is 2.43. The number of alkyl carbamates (subject to hydrolysis) is 2. The van der Waals surface area contributed by atoms with Crippen molar-refractivity contribution in [2.75, 3.05) is 34.4 Å². The molecule has 17 nitrogen and oxygen atoms in total. The summed E-state index contributed by atoms with van der Waals surface area (Å²) in [6.07, 6.45) is 5.37. The number of hydrogen-bond donors (Lipinski definition) is 5. The molecule has 6 aromatic rings. The van der Waals surface area contributed by atoms with E-state index in [0.29, 0.717) is 30.4 Å². The Morgan fingerprint density at radius 1 is 0.652 bits per heavy atom. The Morgan fingerprint density at radius 2 is 1.11 bits per heavy atom. The number of aromatic amines is 3. The van der Waals surface area contributed by atoms with Crippen LogP contribution in [-0.4, -0.2) is 111 Å². The van der Waals surface area contributed by atoms with Crippen molar-refractivity contribution < 1.29 is 38.2 Å². The first-order valence-electron chi connectivity index (χ1n) is 22.1. The largest absolute Gasteiger partial charge is 0.464 e. The topological polar surface area (TPSA) is 217 Å². The third-order valence-electron chi connectivity index (χ3n) is 12.6. The fraction of sp³-hybridized carbons (Fsp3) is 0.396. The first-order valence-corrected chi connectivity index (χ1v) is 23.0. The minimum Gasteiger partial charge on any atom is -0.464 e. The van der Waals surface area contributed by atoms with E-state index in [1.54, 1.807) is 22.2 Å². The number of likely N-dealkylation sites (tertiary alicyclic amines) is 2. The molecule has 5 N–H and O–H groups in total. The number of thiophene rings is 1. The summed E-state index contributed by atoms with van der Waals surface area (Å²) in [5.74, 6) is 0.273. The lowest BCUT2D eigenvalue weighted by atomic mass is 10.0. The van der Waals surface area contributed by atoms with Gasteiger partial charge >= 0.3 is 18.2 Å². The molecule has 0 bridgehead atoms. The van der Waals surface area contributed by atoms with Gasteiger partial charge in [0.1, 0.15) is 29.4 Å². The summed E-state index contributed by atoms with van der Waals surface area (Å²) >= 11 is 1.54. The summed E-state index contributed by atoms with van der Waals surface area (Å²) in [5.41, 5.74) is 8.02. The molecular weight excluding hydrogens is 863 g/mol. The van der Waals surface area contributed by atoms with Crippen LogP contribution in [0.25, 0.3) is 55.0 Å². The third kappa shape index (κ3) is 8.88. The van der Waals surface area contributed by atoms with E-state index in [4.69, 9.17) is 24.2 Å². The van der Waals surface area contributed by atoms with E-state index in [9.17, 15) is 24.0 Å². The van der Waals surface area contributed by atoms with E-state index < -0.39 is 30.2 Å². The van der Waals surface area contributed by atoms with Crippen molar-refractivity contribution in [1.29, 1.82) is 0 Å². The molecule has 2 aliphatic heterocycles. The molecule has 2 aliphatic rings. The summed E-state index contributed by atoms with van der Waals surface area (Å²) in [6, 6.07) is 14.0. The zero-order valence-electron chi connectivity index (χ0n) is 38.0. The van der Waals surface area contributed by atoms with Crippen molar-refractivity contribution in [1.82, 2.24) is 45.4 Å². The molecule has 4 aromatic heterocycles. The van der Waals surface area contributed by atoms with E-state index in [0.717, 1.165) is 80.7 Å². The number of nitrogens with one attached hydrogen (secondary N) is 5. The number of methoxy groups -OCH3 is 3. The van der Waals surface area contributed by atoms with E-state index in [1.807, 2.05) is 76.2 Å². The maximum Gasteiger partial charge on any atom is 0.407 e. The molecule has 2 aromatic carbocycles. The minimum atomic E-state index is -0.726.